The average molecular weight is 441 g/mol. The van der Waals surface area contributed by atoms with Crippen molar-refractivity contribution in [2.45, 2.75) is 20.4 Å². The van der Waals surface area contributed by atoms with Crippen LogP contribution in [0.2, 0.25) is 0 Å². The van der Waals surface area contributed by atoms with Gasteiger partial charge < -0.3 is 9.73 Å². The Morgan fingerprint density at radius 3 is 2.67 bits per heavy atom. The Hall–Kier alpha value is -4.53. The number of aryl methyl sites for hydroxylation is 2. The lowest BCUT2D eigenvalue weighted by Gasteiger charge is -2.17. The minimum Gasteiger partial charge on any atom is -0.461 e. The van der Waals surface area contributed by atoms with Crippen molar-refractivity contribution in [1.29, 1.82) is 0 Å². The third-order valence-electron chi connectivity index (χ3n) is 5.44. The van der Waals surface area contributed by atoms with Gasteiger partial charge in [0.05, 0.1) is 29.6 Å². The number of H-pyrrole nitrogens is 1. The van der Waals surface area contributed by atoms with Gasteiger partial charge in [-0.25, -0.2) is 9.88 Å². The summed E-state index contributed by atoms with van der Waals surface area (Å²) in [6.45, 7) is 3.85. The number of imide groups is 1. The van der Waals surface area contributed by atoms with Crippen molar-refractivity contribution in [3.8, 4) is 11.6 Å². The smallest absolute Gasteiger partial charge is 0.266 e. The van der Waals surface area contributed by atoms with Crippen LogP contribution in [0.5, 0.6) is 0 Å². The van der Waals surface area contributed by atoms with Crippen LogP contribution in [0.4, 0.5) is 5.69 Å². The highest BCUT2D eigenvalue weighted by Crippen LogP contribution is 2.31. The van der Waals surface area contributed by atoms with E-state index in [4.69, 9.17) is 4.42 Å². The number of aromatic nitrogens is 3. The Morgan fingerprint density at radius 2 is 1.88 bits per heavy atom. The van der Waals surface area contributed by atoms with E-state index < -0.39 is 17.7 Å². The maximum absolute atomic E-state index is 13.1. The molecule has 0 bridgehead atoms. The summed E-state index contributed by atoms with van der Waals surface area (Å²) in [6, 6.07) is 13.5. The van der Waals surface area contributed by atoms with Crippen molar-refractivity contribution < 1.29 is 18.8 Å². The van der Waals surface area contributed by atoms with Crippen molar-refractivity contribution in [1.82, 2.24) is 20.5 Å². The SMILES string of the molecule is Cc1ccc(C)c(N2C(=O)c3ccc(C(=O)NCc4nc(-c5ccco5)n[nH]4)cc3C2=O)c1. The summed E-state index contributed by atoms with van der Waals surface area (Å²) < 4.78 is 5.25. The minimum atomic E-state index is -0.448. The number of nitrogens with zero attached hydrogens (tertiary/aromatic N) is 3. The van der Waals surface area contributed by atoms with Crippen LogP contribution in [0, 0.1) is 13.8 Å². The van der Waals surface area contributed by atoms with Gasteiger partial charge in [-0.15, -0.1) is 5.10 Å². The second kappa shape index (κ2) is 7.86. The summed E-state index contributed by atoms with van der Waals surface area (Å²) in [5.41, 5.74) is 3.04. The van der Waals surface area contributed by atoms with Gasteiger partial charge in [-0.05, 0) is 61.4 Å². The van der Waals surface area contributed by atoms with Crippen LogP contribution < -0.4 is 10.2 Å². The summed E-state index contributed by atoms with van der Waals surface area (Å²) in [6.07, 6.45) is 1.52. The molecule has 0 unspecified atom stereocenters. The number of fused-ring (bicyclic) bond motifs is 1. The topological polar surface area (TPSA) is 121 Å². The number of carbonyl (C=O) groups is 3. The molecular weight excluding hydrogens is 422 g/mol. The Morgan fingerprint density at radius 1 is 1.06 bits per heavy atom. The first kappa shape index (κ1) is 20.4. The molecule has 0 fully saturated rings. The summed E-state index contributed by atoms with van der Waals surface area (Å²) in [5, 5.41) is 9.54. The quantitative estimate of drug-likeness (QED) is 0.458. The number of aromatic amines is 1. The number of furan rings is 1. The molecule has 164 valence electrons. The molecule has 0 radical (unpaired) electrons. The van der Waals surface area contributed by atoms with E-state index in [1.54, 1.807) is 18.2 Å². The second-order valence-electron chi connectivity index (χ2n) is 7.76. The van der Waals surface area contributed by atoms with E-state index in [9.17, 15) is 14.4 Å². The zero-order valence-electron chi connectivity index (χ0n) is 17.9. The van der Waals surface area contributed by atoms with Gasteiger partial charge >= 0.3 is 0 Å². The zero-order valence-corrected chi connectivity index (χ0v) is 17.9. The van der Waals surface area contributed by atoms with Crippen molar-refractivity contribution >= 4 is 23.4 Å². The molecule has 1 aliphatic rings. The van der Waals surface area contributed by atoms with Crippen LogP contribution in [-0.4, -0.2) is 32.9 Å². The van der Waals surface area contributed by atoms with Crippen molar-refractivity contribution in [2.75, 3.05) is 4.90 Å². The first-order valence-electron chi connectivity index (χ1n) is 10.3. The number of benzene rings is 2. The second-order valence-corrected chi connectivity index (χ2v) is 7.76. The number of hydrogen-bond acceptors (Lipinski definition) is 6. The minimum absolute atomic E-state index is 0.102. The molecule has 2 aromatic heterocycles. The zero-order chi connectivity index (χ0) is 23.1. The molecule has 0 saturated carbocycles. The van der Waals surface area contributed by atoms with Gasteiger partial charge in [0, 0.05) is 5.56 Å². The fourth-order valence-electron chi connectivity index (χ4n) is 3.72. The molecule has 0 atom stereocenters. The number of anilines is 1. The largest absolute Gasteiger partial charge is 0.461 e. The van der Waals surface area contributed by atoms with Crippen molar-refractivity contribution in [2.24, 2.45) is 0 Å². The molecule has 0 spiro atoms. The highest BCUT2D eigenvalue weighted by Gasteiger charge is 2.37. The third kappa shape index (κ3) is 3.59. The number of carbonyl (C=O) groups excluding carboxylic acids is 3. The molecule has 9 heteroatoms. The molecule has 2 N–H and O–H groups in total. The Kier molecular flexibility index (Phi) is 4.86. The van der Waals surface area contributed by atoms with E-state index in [2.05, 4.69) is 20.5 Å². The number of nitrogens with one attached hydrogen (secondary N) is 2. The van der Waals surface area contributed by atoms with E-state index in [0.29, 0.717) is 23.1 Å². The predicted molar refractivity (Wildman–Crippen MR) is 119 cm³/mol. The monoisotopic (exact) mass is 441 g/mol. The van der Waals surface area contributed by atoms with Gasteiger partial charge in [0.25, 0.3) is 17.7 Å². The lowest BCUT2D eigenvalue weighted by Crippen LogP contribution is -2.30. The van der Waals surface area contributed by atoms with Gasteiger partial charge in [0.1, 0.15) is 5.82 Å². The fraction of sp³-hybridized carbons (Fsp3) is 0.125. The van der Waals surface area contributed by atoms with Crippen LogP contribution in [0.15, 0.2) is 59.2 Å². The van der Waals surface area contributed by atoms with Gasteiger partial charge in [-0.2, -0.15) is 0 Å². The normalized spacial score (nSPS) is 12.8. The van der Waals surface area contributed by atoms with Crippen LogP contribution >= 0.6 is 0 Å². The van der Waals surface area contributed by atoms with Crippen LogP contribution in [0.3, 0.4) is 0 Å². The summed E-state index contributed by atoms with van der Waals surface area (Å²) in [4.78, 5) is 44.2. The predicted octanol–water partition coefficient (Wildman–Crippen LogP) is 3.41. The highest BCUT2D eigenvalue weighted by atomic mass is 16.3. The Balaban J connectivity index is 1.34. The van der Waals surface area contributed by atoms with Gasteiger partial charge in [0.15, 0.2) is 5.76 Å². The molecule has 0 saturated heterocycles. The summed E-state index contributed by atoms with van der Waals surface area (Å²) in [7, 11) is 0. The molecule has 2 aromatic carbocycles. The van der Waals surface area contributed by atoms with Gasteiger partial charge in [0.2, 0.25) is 5.82 Å². The van der Waals surface area contributed by atoms with E-state index >= 15 is 0 Å². The maximum atomic E-state index is 13.1. The molecule has 3 heterocycles. The maximum Gasteiger partial charge on any atom is 0.266 e. The van der Waals surface area contributed by atoms with Crippen LogP contribution in [0.1, 0.15) is 48.0 Å². The molecule has 9 nitrogen and oxygen atoms in total. The van der Waals surface area contributed by atoms with Crippen molar-refractivity contribution in [3.05, 3.63) is 88.4 Å². The third-order valence-corrected chi connectivity index (χ3v) is 5.44. The molecular formula is C24H19N5O4. The molecule has 4 aromatic rings. The molecule has 0 aliphatic carbocycles. The first-order valence-corrected chi connectivity index (χ1v) is 10.3. The standard InChI is InChI=1S/C24H19N5O4/c1-13-5-6-14(2)18(10-13)29-23(31)16-8-7-15(11-17(16)24(29)32)22(30)25-12-20-26-21(28-27-20)19-4-3-9-33-19/h3-11H,12H2,1-2H3,(H,25,30)(H,26,27,28). The number of hydrogen-bond donors (Lipinski definition) is 2. The van der Waals surface area contributed by atoms with E-state index in [1.165, 1.54) is 29.4 Å². The van der Waals surface area contributed by atoms with Crippen LogP contribution in [-0.2, 0) is 6.54 Å². The number of rotatable bonds is 5. The number of amides is 3. The lowest BCUT2D eigenvalue weighted by molar-refractivity contribution is 0.0923. The Bertz CT molecular complexity index is 1400. The van der Waals surface area contributed by atoms with Gasteiger partial charge in [-0.1, -0.05) is 12.1 Å². The first-order chi connectivity index (χ1) is 15.9. The van der Waals surface area contributed by atoms with Crippen molar-refractivity contribution in [3.63, 3.8) is 0 Å². The van der Waals surface area contributed by atoms with Gasteiger partial charge in [-0.3, -0.25) is 19.5 Å². The molecule has 1 aliphatic heterocycles. The highest BCUT2D eigenvalue weighted by molar-refractivity contribution is 6.35. The molecule has 33 heavy (non-hydrogen) atoms. The fourth-order valence-corrected chi connectivity index (χ4v) is 3.72. The lowest BCUT2D eigenvalue weighted by atomic mass is 10.1. The van der Waals surface area contributed by atoms with E-state index in [-0.39, 0.29) is 23.2 Å². The molecule has 5 rings (SSSR count). The van der Waals surface area contributed by atoms with Crippen LogP contribution in [0.25, 0.3) is 11.6 Å². The summed E-state index contributed by atoms with van der Waals surface area (Å²) in [5.74, 6) is 0.0957. The Labute approximate surface area is 188 Å². The van der Waals surface area contributed by atoms with E-state index in [1.807, 2.05) is 26.0 Å². The molecule has 3 amide bonds. The average Bonchev–Trinajstić information content (AvgIpc) is 3.55. The summed E-state index contributed by atoms with van der Waals surface area (Å²) >= 11 is 0. The van der Waals surface area contributed by atoms with E-state index in [0.717, 1.165) is 11.1 Å².